The predicted octanol–water partition coefficient (Wildman–Crippen LogP) is 1.63. The molecule has 0 amide bonds. The molecule has 0 saturated heterocycles. The first-order valence-electron chi connectivity index (χ1n) is 6.71. The largest absolute Gasteiger partial charge is 0.382 e. The van der Waals surface area contributed by atoms with E-state index < -0.39 is 15.9 Å². The minimum absolute atomic E-state index is 0.0578. The molecular weight excluding hydrogens is 288 g/mol. The maximum atomic E-state index is 11.2. The van der Waals surface area contributed by atoms with E-state index in [0.717, 1.165) is 16.7 Å². The van der Waals surface area contributed by atoms with Crippen LogP contribution in [0.2, 0.25) is 0 Å². The summed E-state index contributed by atoms with van der Waals surface area (Å²) in [6.45, 7) is 4.24. The summed E-state index contributed by atoms with van der Waals surface area (Å²) in [6.07, 6.45) is 3.65. The number of aliphatic hydroxyl groups excluding tert-OH is 1. The Bertz CT molecular complexity index is 715. The molecule has 1 N–H and O–H groups in total. The second kappa shape index (κ2) is 5.99. The topological polar surface area (TPSA) is 72.2 Å². The van der Waals surface area contributed by atoms with Crippen LogP contribution in [-0.4, -0.2) is 35.1 Å². The summed E-state index contributed by atoms with van der Waals surface area (Å²) in [5.41, 5.74) is 3.40. The van der Waals surface area contributed by atoms with Gasteiger partial charge in [-0.15, -0.1) is 0 Å². The Labute approximate surface area is 125 Å². The number of aryl methyl sites for hydroxylation is 3. The second-order valence-electron chi connectivity index (χ2n) is 5.37. The Morgan fingerprint density at radius 2 is 1.90 bits per heavy atom. The van der Waals surface area contributed by atoms with Crippen molar-refractivity contribution < 1.29 is 13.5 Å². The van der Waals surface area contributed by atoms with Gasteiger partial charge in [0, 0.05) is 19.0 Å². The molecule has 0 aliphatic heterocycles. The van der Waals surface area contributed by atoms with Gasteiger partial charge in [-0.3, -0.25) is 0 Å². The Kier molecular flexibility index (Phi) is 4.49. The standard InChI is InChI=1S/C15H20N2O3S/c1-11-5-4-6-12(2)14(11)15(18)13-9-17(10-16-13)7-8-21(3,19)20/h4-6,9-10,15,18H,7-8H2,1-3H3. The average Bonchev–Trinajstić information content (AvgIpc) is 2.84. The molecule has 1 aromatic carbocycles. The number of hydrogen-bond donors (Lipinski definition) is 1. The van der Waals surface area contributed by atoms with Gasteiger partial charge in [0.15, 0.2) is 0 Å². The van der Waals surface area contributed by atoms with E-state index in [1.54, 1.807) is 17.1 Å². The second-order valence-corrected chi connectivity index (χ2v) is 7.63. The highest BCUT2D eigenvalue weighted by Gasteiger charge is 2.17. The van der Waals surface area contributed by atoms with Gasteiger partial charge >= 0.3 is 0 Å². The maximum Gasteiger partial charge on any atom is 0.149 e. The van der Waals surface area contributed by atoms with E-state index in [2.05, 4.69) is 4.98 Å². The summed E-state index contributed by atoms with van der Waals surface area (Å²) < 4.78 is 24.0. The van der Waals surface area contributed by atoms with E-state index in [0.29, 0.717) is 12.2 Å². The average molecular weight is 308 g/mol. The van der Waals surface area contributed by atoms with Gasteiger partial charge in [-0.1, -0.05) is 18.2 Å². The highest BCUT2D eigenvalue weighted by Crippen LogP contribution is 2.26. The van der Waals surface area contributed by atoms with E-state index in [4.69, 9.17) is 0 Å². The zero-order valence-corrected chi connectivity index (χ0v) is 13.3. The summed E-state index contributed by atoms with van der Waals surface area (Å²) in [6, 6.07) is 5.85. The van der Waals surface area contributed by atoms with Crippen LogP contribution in [0.4, 0.5) is 0 Å². The molecule has 0 spiro atoms. The molecule has 2 aromatic rings. The Morgan fingerprint density at radius 3 is 2.48 bits per heavy atom. The smallest absolute Gasteiger partial charge is 0.149 e. The minimum atomic E-state index is -3.01. The zero-order chi connectivity index (χ0) is 15.6. The molecule has 1 heterocycles. The molecule has 6 heteroatoms. The monoisotopic (exact) mass is 308 g/mol. The number of sulfone groups is 1. The highest BCUT2D eigenvalue weighted by molar-refractivity contribution is 7.90. The van der Waals surface area contributed by atoms with Crippen LogP contribution < -0.4 is 0 Å². The third kappa shape index (κ3) is 3.92. The molecule has 1 aromatic heterocycles. The highest BCUT2D eigenvalue weighted by atomic mass is 32.2. The van der Waals surface area contributed by atoms with Crippen molar-refractivity contribution in [3.05, 3.63) is 53.1 Å². The van der Waals surface area contributed by atoms with Crippen molar-refractivity contribution in [2.45, 2.75) is 26.5 Å². The van der Waals surface area contributed by atoms with Crippen molar-refractivity contribution in [1.29, 1.82) is 0 Å². The molecule has 0 saturated carbocycles. The molecule has 0 aliphatic rings. The summed E-state index contributed by atoms with van der Waals surface area (Å²) in [4.78, 5) is 4.19. The number of benzene rings is 1. The molecule has 0 fully saturated rings. The van der Waals surface area contributed by atoms with Gasteiger partial charge < -0.3 is 9.67 Å². The van der Waals surface area contributed by atoms with Crippen LogP contribution in [-0.2, 0) is 16.4 Å². The summed E-state index contributed by atoms with van der Waals surface area (Å²) >= 11 is 0. The van der Waals surface area contributed by atoms with Crippen LogP contribution in [0.1, 0.15) is 28.5 Å². The van der Waals surface area contributed by atoms with E-state index in [1.807, 2.05) is 32.0 Å². The van der Waals surface area contributed by atoms with E-state index >= 15 is 0 Å². The normalized spacial score (nSPS) is 13.3. The number of hydrogen-bond acceptors (Lipinski definition) is 4. The Balaban J connectivity index is 2.21. The maximum absolute atomic E-state index is 11.2. The van der Waals surface area contributed by atoms with Crippen LogP contribution in [0.15, 0.2) is 30.7 Å². The molecule has 0 bridgehead atoms. The van der Waals surface area contributed by atoms with Crippen molar-refractivity contribution in [2.75, 3.05) is 12.0 Å². The Hall–Kier alpha value is -1.66. The third-order valence-electron chi connectivity index (χ3n) is 3.47. The van der Waals surface area contributed by atoms with Gasteiger partial charge in [0.05, 0.1) is 17.8 Å². The van der Waals surface area contributed by atoms with Crippen LogP contribution in [0.5, 0.6) is 0 Å². The van der Waals surface area contributed by atoms with Gasteiger partial charge in [0.2, 0.25) is 0 Å². The zero-order valence-electron chi connectivity index (χ0n) is 12.4. The molecule has 5 nitrogen and oxygen atoms in total. The predicted molar refractivity (Wildman–Crippen MR) is 81.9 cm³/mol. The fraction of sp³-hybridized carbons (Fsp3) is 0.400. The molecule has 114 valence electrons. The van der Waals surface area contributed by atoms with Crippen LogP contribution in [0.3, 0.4) is 0 Å². The summed E-state index contributed by atoms with van der Waals surface area (Å²) in [5.74, 6) is 0.0578. The van der Waals surface area contributed by atoms with Crippen molar-refractivity contribution in [1.82, 2.24) is 9.55 Å². The number of imidazole rings is 1. The first-order valence-corrected chi connectivity index (χ1v) is 8.77. The molecule has 1 unspecified atom stereocenters. The van der Waals surface area contributed by atoms with Gasteiger partial charge in [0.25, 0.3) is 0 Å². The molecule has 0 radical (unpaired) electrons. The number of rotatable bonds is 5. The minimum Gasteiger partial charge on any atom is -0.382 e. The van der Waals surface area contributed by atoms with Gasteiger partial charge in [0.1, 0.15) is 15.9 Å². The molecule has 0 aliphatic carbocycles. The molecular formula is C15H20N2O3S. The summed E-state index contributed by atoms with van der Waals surface area (Å²) in [5, 5.41) is 10.5. The van der Waals surface area contributed by atoms with Crippen LogP contribution in [0, 0.1) is 13.8 Å². The van der Waals surface area contributed by atoms with E-state index in [1.165, 1.54) is 6.26 Å². The lowest BCUT2D eigenvalue weighted by Gasteiger charge is -2.14. The van der Waals surface area contributed by atoms with Crippen molar-refractivity contribution in [3.63, 3.8) is 0 Å². The lowest BCUT2D eigenvalue weighted by Crippen LogP contribution is -2.10. The van der Waals surface area contributed by atoms with Crippen molar-refractivity contribution in [2.24, 2.45) is 0 Å². The number of aromatic nitrogens is 2. The van der Waals surface area contributed by atoms with Crippen LogP contribution in [0.25, 0.3) is 0 Å². The molecule has 1 atom stereocenters. The fourth-order valence-corrected chi connectivity index (χ4v) is 2.86. The number of nitrogens with zero attached hydrogens (tertiary/aromatic N) is 2. The van der Waals surface area contributed by atoms with Gasteiger partial charge in [-0.2, -0.15) is 0 Å². The first-order chi connectivity index (χ1) is 9.78. The van der Waals surface area contributed by atoms with E-state index in [-0.39, 0.29) is 5.75 Å². The first kappa shape index (κ1) is 15.7. The van der Waals surface area contributed by atoms with Gasteiger partial charge in [-0.05, 0) is 30.5 Å². The number of aliphatic hydroxyl groups is 1. The quantitative estimate of drug-likeness (QED) is 0.911. The third-order valence-corrected chi connectivity index (χ3v) is 4.39. The van der Waals surface area contributed by atoms with Gasteiger partial charge in [-0.25, -0.2) is 13.4 Å². The Morgan fingerprint density at radius 1 is 1.29 bits per heavy atom. The lowest BCUT2D eigenvalue weighted by molar-refractivity contribution is 0.214. The van der Waals surface area contributed by atoms with Crippen molar-refractivity contribution >= 4 is 9.84 Å². The summed E-state index contributed by atoms with van der Waals surface area (Å²) in [7, 11) is -3.01. The van der Waals surface area contributed by atoms with Crippen molar-refractivity contribution in [3.8, 4) is 0 Å². The lowest BCUT2D eigenvalue weighted by atomic mass is 9.96. The van der Waals surface area contributed by atoms with Crippen LogP contribution >= 0.6 is 0 Å². The molecule has 2 rings (SSSR count). The van der Waals surface area contributed by atoms with E-state index in [9.17, 15) is 13.5 Å². The SMILES string of the molecule is Cc1cccc(C)c1C(O)c1cn(CCS(C)(=O)=O)cn1. The fourth-order valence-electron chi connectivity index (χ4n) is 2.32. The molecule has 21 heavy (non-hydrogen) atoms.